The van der Waals surface area contributed by atoms with E-state index >= 15 is 0 Å². The highest BCUT2D eigenvalue weighted by molar-refractivity contribution is 6.45. The lowest BCUT2D eigenvalue weighted by Gasteiger charge is -2.29. The third-order valence-electron chi connectivity index (χ3n) is 8.13. The second-order valence-corrected chi connectivity index (χ2v) is 11.3. The molecule has 3 N–H and O–H groups in total. The molecule has 10 heteroatoms. The summed E-state index contributed by atoms with van der Waals surface area (Å²) in [6.07, 6.45) is 5.50. The Morgan fingerprint density at radius 1 is 1.14 bits per heavy atom. The fourth-order valence-corrected chi connectivity index (χ4v) is 6.55. The smallest absolute Gasteiger partial charge is 0.326 e. The van der Waals surface area contributed by atoms with Crippen LogP contribution in [0.5, 0.6) is 5.75 Å². The highest BCUT2D eigenvalue weighted by Crippen LogP contribution is 2.52. The second-order valence-electron chi connectivity index (χ2n) is 10.5. The lowest BCUT2D eigenvalue weighted by Crippen LogP contribution is -2.43. The minimum Gasteiger partial charge on any atom is -0.489 e. The molecule has 3 aliphatic rings. The number of ketones is 1. The standard InChI is InChI=1S/C26H31Cl2NO7/c1-26(15-4-2-3-5-15)12-14-11-18(21(27)22(28)20(14)23(26)32)36-16-7-6-13(10-16)24(33)29-17(25(34)35)8-9-19(30)31/h11,13,15-17H,2-10,12H2,1H3,(H,29,33)(H,30,31)(H,34,35)/t13-,16-,17-,26-/m0/s1. The summed E-state index contributed by atoms with van der Waals surface area (Å²) in [6.45, 7) is 2.02. The van der Waals surface area contributed by atoms with E-state index in [-0.39, 0.29) is 34.8 Å². The van der Waals surface area contributed by atoms with Crippen LogP contribution in [0.15, 0.2) is 6.07 Å². The third kappa shape index (κ3) is 5.21. The number of hydrogen-bond donors (Lipinski definition) is 3. The third-order valence-corrected chi connectivity index (χ3v) is 8.97. The van der Waals surface area contributed by atoms with Crippen LogP contribution in [-0.2, 0) is 20.8 Å². The molecule has 4 atom stereocenters. The van der Waals surface area contributed by atoms with Gasteiger partial charge >= 0.3 is 11.9 Å². The number of nitrogens with one attached hydrogen (secondary N) is 1. The van der Waals surface area contributed by atoms with Crippen molar-refractivity contribution in [2.75, 3.05) is 0 Å². The number of amides is 1. The van der Waals surface area contributed by atoms with E-state index in [0.717, 1.165) is 31.2 Å². The quantitative estimate of drug-likeness (QED) is 0.406. The first-order chi connectivity index (χ1) is 17.0. The van der Waals surface area contributed by atoms with Gasteiger partial charge in [0, 0.05) is 23.3 Å². The molecule has 2 saturated carbocycles. The van der Waals surface area contributed by atoms with Crippen molar-refractivity contribution in [2.45, 2.75) is 83.3 Å². The summed E-state index contributed by atoms with van der Waals surface area (Å²) < 4.78 is 6.15. The molecule has 36 heavy (non-hydrogen) atoms. The maximum Gasteiger partial charge on any atom is 0.326 e. The summed E-state index contributed by atoms with van der Waals surface area (Å²) in [5.41, 5.74) is 0.851. The van der Waals surface area contributed by atoms with Gasteiger partial charge in [-0.15, -0.1) is 0 Å². The Kier molecular flexibility index (Phi) is 7.86. The molecule has 2 fully saturated rings. The molecule has 4 rings (SSSR count). The first kappa shape index (κ1) is 26.7. The fourth-order valence-electron chi connectivity index (χ4n) is 6.06. The van der Waals surface area contributed by atoms with E-state index in [4.69, 9.17) is 33.0 Å². The number of fused-ring (bicyclic) bond motifs is 1. The molecule has 1 aromatic carbocycles. The number of ether oxygens (including phenoxy) is 1. The van der Waals surface area contributed by atoms with Crippen LogP contribution in [0.2, 0.25) is 10.0 Å². The molecule has 0 aliphatic heterocycles. The summed E-state index contributed by atoms with van der Waals surface area (Å²) >= 11 is 13.1. The normalized spacial score (nSPS) is 26.6. The predicted octanol–water partition coefficient (Wildman–Crippen LogP) is 4.91. The van der Waals surface area contributed by atoms with E-state index in [1.54, 1.807) is 6.07 Å². The number of rotatable bonds is 9. The second kappa shape index (κ2) is 10.6. The molecule has 0 bridgehead atoms. The van der Waals surface area contributed by atoms with E-state index in [9.17, 15) is 24.3 Å². The molecule has 1 aromatic rings. The lowest BCUT2D eigenvalue weighted by molar-refractivity contribution is -0.143. The molecule has 0 heterocycles. The van der Waals surface area contributed by atoms with Gasteiger partial charge in [0.1, 0.15) is 16.8 Å². The average Bonchev–Trinajstić information content (AvgIpc) is 3.56. The Labute approximate surface area is 219 Å². The Balaban J connectivity index is 1.42. The van der Waals surface area contributed by atoms with Crippen molar-refractivity contribution >= 4 is 46.8 Å². The monoisotopic (exact) mass is 539 g/mol. The first-order valence-corrected chi connectivity index (χ1v) is 13.2. The van der Waals surface area contributed by atoms with Crippen LogP contribution in [0.3, 0.4) is 0 Å². The Morgan fingerprint density at radius 3 is 2.47 bits per heavy atom. The molecule has 0 radical (unpaired) electrons. The molecular weight excluding hydrogens is 509 g/mol. The maximum absolute atomic E-state index is 13.4. The average molecular weight is 540 g/mol. The number of benzene rings is 1. The number of carbonyl (C=O) groups is 4. The molecule has 0 spiro atoms. The van der Waals surface area contributed by atoms with Crippen molar-refractivity contribution in [3.8, 4) is 5.75 Å². The zero-order valence-corrected chi connectivity index (χ0v) is 21.7. The minimum absolute atomic E-state index is 0.0522. The molecule has 0 aromatic heterocycles. The number of halogens is 2. The van der Waals surface area contributed by atoms with Gasteiger partial charge in [0.15, 0.2) is 5.78 Å². The summed E-state index contributed by atoms with van der Waals surface area (Å²) in [7, 11) is 0. The largest absolute Gasteiger partial charge is 0.489 e. The zero-order chi connectivity index (χ0) is 26.2. The number of hydrogen-bond acceptors (Lipinski definition) is 5. The molecule has 8 nitrogen and oxygen atoms in total. The van der Waals surface area contributed by atoms with Crippen molar-refractivity contribution in [3.05, 3.63) is 27.2 Å². The van der Waals surface area contributed by atoms with Crippen LogP contribution in [0.1, 0.15) is 80.6 Å². The van der Waals surface area contributed by atoms with Crippen LogP contribution in [0.4, 0.5) is 0 Å². The van der Waals surface area contributed by atoms with Gasteiger partial charge in [-0.05, 0) is 62.5 Å². The van der Waals surface area contributed by atoms with Gasteiger partial charge in [0.2, 0.25) is 5.91 Å². The molecule has 0 saturated heterocycles. The number of carboxylic acid groups (broad SMARTS) is 2. The SMILES string of the molecule is C[C@@]1(C2CCCC2)Cc2cc(O[C@H]3CC[C@H](C(=O)N[C@@H](CCC(=O)O)C(=O)O)C3)c(Cl)c(Cl)c2C1=O. The number of Topliss-reactive ketones (excluding diaryl/α,β-unsaturated/α-hetero) is 1. The predicted molar refractivity (Wildman–Crippen MR) is 133 cm³/mol. The number of aliphatic carboxylic acids is 2. The van der Waals surface area contributed by atoms with Gasteiger partial charge in [0.05, 0.1) is 11.1 Å². The molecule has 1 amide bonds. The van der Waals surface area contributed by atoms with E-state index in [2.05, 4.69) is 5.32 Å². The van der Waals surface area contributed by atoms with Crippen LogP contribution in [0, 0.1) is 17.3 Å². The minimum atomic E-state index is -1.27. The summed E-state index contributed by atoms with van der Waals surface area (Å²) in [5.74, 6) is -2.52. The van der Waals surface area contributed by atoms with Crippen LogP contribution >= 0.6 is 23.2 Å². The highest BCUT2D eigenvalue weighted by atomic mass is 35.5. The van der Waals surface area contributed by atoms with Crippen molar-refractivity contribution in [1.29, 1.82) is 0 Å². The summed E-state index contributed by atoms with van der Waals surface area (Å²) in [4.78, 5) is 48.2. The van der Waals surface area contributed by atoms with Crippen LogP contribution < -0.4 is 10.1 Å². The Morgan fingerprint density at radius 2 is 1.83 bits per heavy atom. The Bertz CT molecular complexity index is 1080. The number of carboxylic acids is 2. The van der Waals surface area contributed by atoms with Crippen molar-refractivity contribution in [3.63, 3.8) is 0 Å². The van der Waals surface area contributed by atoms with Gasteiger partial charge in [-0.3, -0.25) is 14.4 Å². The van der Waals surface area contributed by atoms with Gasteiger partial charge in [-0.1, -0.05) is 43.0 Å². The van der Waals surface area contributed by atoms with E-state index in [0.29, 0.717) is 42.9 Å². The molecule has 3 aliphatic carbocycles. The van der Waals surface area contributed by atoms with E-state index in [1.165, 1.54) is 0 Å². The highest BCUT2D eigenvalue weighted by Gasteiger charge is 2.49. The topological polar surface area (TPSA) is 130 Å². The first-order valence-electron chi connectivity index (χ1n) is 12.5. The van der Waals surface area contributed by atoms with Crippen LogP contribution in [-0.4, -0.2) is 46.0 Å². The molecular formula is C26H31Cl2NO7. The van der Waals surface area contributed by atoms with Gasteiger partial charge in [0.25, 0.3) is 0 Å². The molecule has 0 unspecified atom stereocenters. The van der Waals surface area contributed by atoms with Crippen molar-refractivity contribution < 1.29 is 34.1 Å². The number of carbonyl (C=O) groups excluding carboxylic acids is 2. The van der Waals surface area contributed by atoms with Gasteiger partial charge < -0.3 is 20.3 Å². The van der Waals surface area contributed by atoms with Gasteiger partial charge in [-0.25, -0.2) is 4.79 Å². The summed E-state index contributed by atoms with van der Waals surface area (Å²) in [5, 5.41) is 21.0. The summed E-state index contributed by atoms with van der Waals surface area (Å²) in [6, 6.07) is 0.548. The van der Waals surface area contributed by atoms with Crippen LogP contribution in [0.25, 0.3) is 0 Å². The van der Waals surface area contributed by atoms with Gasteiger partial charge in [-0.2, -0.15) is 0 Å². The lowest BCUT2D eigenvalue weighted by atomic mass is 9.73. The van der Waals surface area contributed by atoms with Crippen molar-refractivity contribution in [1.82, 2.24) is 5.32 Å². The van der Waals surface area contributed by atoms with Crippen molar-refractivity contribution in [2.24, 2.45) is 17.3 Å². The molecule has 196 valence electrons. The zero-order valence-electron chi connectivity index (χ0n) is 20.1. The van der Waals surface area contributed by atoms with E-state index in [1.807, 2.05) is 6.92 Å². The maximum atomic E-state index is 13.4. The Hall–Kier alpha value is -2.32. The fraction of sp³-hybridized carbons (Fsp3) is 0.615. The van der Waals surface area contributed by atoms with E-state index < -0.39 is 35.2 Å².